The van der Waals surface area contributed by atoms with E-state index in [1.54, 1.807) is 11.3 Å². The number of thiazole rings is 1. The minimum absolute atomic E-state index is 0.0609. The molecular weight excluding hydrogens is 308 g/mol. The molecule has 0 saturated heterocycles. The molecule has 1 heterocycles. The topological polar surface area (TPSA) is 57.3 Å². The predicted molar refractivity (Wildman–Crippen MR) is 93.7 cm³/mol. The van der Waals surface area contributed by atoms with Gasteiger partial charge in [-0.25, -0.2) is 9.78 Å². The van der Waals surface area contributed by atoms with Gasteiger partial charge in [0.2, 0.25) is 0 Å². The number of carbonyl (C=O) groups excluding carboxylic acids is 1. The Labute approximate surface area is 142 Å². The number of hydrogen-bond donors (Lipinski definition) is 2. The first-order valence-corrected chi connectivity index (χ1v) is 9.64. The second-order valence-corrected chi connectivity index (χ2v) is 7.99. The van der Waals surface area contributed by atoms with Crippen LogP contribution in [0.1, 0.15) is 56.3 Å². The van der Waals surface area contributed by atoms with E-state index in [-0.39, 0.29) is 12.1 Å². The molecule has 0 radical (unpaired) electrons. The predicted octanol–water partition coefficient (Wildman–Crippen LogP) is 3.07. The van der Waals surface area contributed by atoms with Crippen molar-refractivity contribution in [1.29, 1.82) is 0 Å². The summed E-state index contributed by atoms with van der Waals surface area (Å²) in [6, 6.07) is 1.30. The molecule has 128 valence electrons. The molecule has 1 aromatic rings. The first-order chi connectivity index (χ1) is 11.0. The van der Waals surface area contributed by atoms with Crippen LogP contribution in [0, 0.1) is 12.8 Å². The summed E-state index contributed by atoms with van der Waals surface area (Å²) in [6.07, 6.45) is 4.98. The fraction of sp³-hybridized carbons (Fsp3) is 0.765. The van der Waals surface area contributed by atoms with Gasteiger partial charge in [0.15, 0.2) is 0 Å². The molecule has 2 fully saturated rings. The molecule has 2 amide bonds. The van der Waals surface area contributed by atoms with Crippen molar-refractivity contribution < 1.29 is 4.79 Å². The van der Waals surface area contributed by atoms with Gasteiger partial charge in [-0.2, -0.15) is 0 Å². The van der Waals surface area contributed by atoms with Crippen LogP contribution >= 0.6 is 11.3 Å². The van der Waals surface area contributed by atoms with Crippen LogP contribution in [0.25, 0.3) is 0 Å². The molecule has 1 unspecified atom stereocenters. The van der Waals surface area contributed by atoms with E-state index in [4.69, 9.17) is 0 Å². The average molecular weight is 337 g/mol. The van der Waals surface area contributed by atoms with Gasteiger partial charge in [-0.3, -0.25) is 4.90 Å². The van der Waals surface area contributed by atoms with E-state index in [2.05, 4.69) is 39.7 Å². The van der Waals surface area contributed by atoms with Crippen LogP contribution in [0.15, 0.2) is 5.38 Å². The minimum Gasteiger partial charge on any atom is -0.337 e. The first-order valence-electron chi connectivity index (χ1n) is 8.76. The van der Waals surface area contributed by atoms with Gasteiger partial charge >= 0.3 is 6.03 Å². The summed E-state index contributed by atoms with van der Waals surface area (Å²) in [7, 11) is 0. The number of carbonyl (C=O) groups is 1. The van der Waals surface area contributed by atoms with E-state index in [1.165, 1.54) is 25.7 Å². The summed E-state index contributed by atoms with van der Waals surface area (Å²) in [4.78, 5) is 19.3. The number of nitrogens with zero attached hydrogens (tertiary/aromatic N) is 2. The van der Waals surface area contributed by atoms with Crippen molar-refractivity contribution in [3.05, 3.63) is 16.1 Å². The van der Waals surface area contributed by atoms with Crippen LogP contribution in [0.4, 0.5) is 4.79 Å². The Bertz CT molecular complexity index is 534. The van der Waals surface area contributed by atoms with Gasteiger partial charge in [0, 0.05) is 36.2 Å². The molecule has 0 aromatic carbocycles. The Morgan fingerprint density at radius 2 is 2.13 bits per heavy atom. The van der Waals surface area contributed by atoms with Gasteiger partial charge in [0.1, 0.15) is 5.01 Å². The van der Waals surface area contributed by atoms with E-state index in [0.717, 1.165) is 23.3 Å². The molecule has 2 aliphatic rings. The third kappa shape index (κ3) is 4.67. The maximum atomic E-state index is 12.2. The number of rotatable bonds is 8. The molecule has 0 spiro atoms. The summed E-state index contributed by atoms with van der Waals surface area (Å²) in [5.74, 6) is 0.560. The van der Waals surface area contributed by atoms with Gasteiger partial charge in [-0.05, 0) is 52.4 Å². The Morgan fingerprint density at radius 1 is 1.39 bits per heavy atom. The Hall–Kier alpha value is -1.14. The molecule has 2 aliphatic carbocycles. The highest BCUT2D eigenvalue weighted by Crippen LogP contribution is 2.41. The number of aromatic nitrogens is 1. The monoisotopic (exact) mass is 336 g/mol. The SMILES string of the molecule is Cc1csc(C(NC(=O)NCCN(C(C)C)C2CC2)C2CC2)n1. The lowest BCUT2D eigenvalue weighted by molar-refractivity contribution is 0.206. The molecule has 5 nitrogen and oxygen atoms in total. The highest BCUT2D eigenvalue weighted by molar-refractivity contribution is 7.09. The van der Waals surface area contributed by atoms with Gasteiger partial charge < -0.3 is 10.6 Å². The lowest BCUT2D eigenvalue weighted by Gasteiger charge is -2.26. The molecule has 23 heavy (non-hydrogen) atoms. The molecule has 0 aliphatic heterocycles. The Balaban J connectivity index is 1.46. The minimum atomic E-state index is -0.0609. The summed E-state index contributed by atoms with van der Waals surface area (Å²) < 4.78 is 0. The maximum absolute atomic E-state index is 12.2. The third-order valence-electron chi connectivity index (χ3n) is 4.62. The molecule has 0 bridgehead atoms. The second-order valence-electron chi connectivity index (χ2n) is 7.11. The summed E-state index contributed by atoms with van der Waals surface area (Å²) >= 11 is 1.65. The number of aryl methyl sites for hydroxylation is 1. The largest absolute Gasteiger partial charge is 0.337 e. The molecular formula is C17H28N4OS. The van der Waals surface area contributed by atoms with E-state index >= 15 is 0 Å². The van der Waals surface area contributed by atoms with E-state index in [1.807, 2.05) is 6.92 Å². The second kappa shape index (κ2) is 7.18. The first kappa shape index (κ1) is 16.7. The fourth-order valence-corrected chi connectivity index (χ4v) is 4.02. The maximum Gasteiger partial charge on any atom is 0.315 e. The molecule has 3 rings (SSSR count). The highest BCUT2D eigenvalue weighted by atomic mass is 32.1. The molecule has 1 aromatic heterocycles. The number of nitrogens with one attached hydrogen (secondary N) is 2. The van der Waals surface area contributed by atoms with Gasteiger partial charge in [0.25, 0.3) is 0 Å². The lowest BCUT2D eigenvalue weighted by Crippen LogP contribution is -2.44. The molecule has 6 heteroatoms. The Kier molecular flexibility index (Phi) is 5.21. The normalized spacial score (nSPS) is 19.2. The molecule has 2 saturated carbocycles. The van der Waals surface area contributed by atoms with Crippen molar-refractivity contribution in [2.24, 2.45) is 5.92 Å². The fourth-order valence-electron chi connectivity index (χ4n) is 3.09. The van der Waals surface area contributed by atoms with Crippen molar-refractivity contribution in [2.45, 2.75) is 64.6 Å². The lowest BCUT2D eigenvalue weighted by atomic mass is 10.2. The van der Waals surface area contributed by atoms with Crippen LogP contribution in [-0.2, 0) is 0 Å². The quantitative estimate of drug-likeness (QED) is 0.767. The standard InChI is InChI=1S/C17H28N4OS/c1-11(2)21(14-6-7-14)9-8-18-17(22)20-15(13-4-5-13)16-19-12(3)10-23-16/h10-11,13-15H,4-9H2,1-3H3,(H2,18,20,22). The van der Waals surface area contributed by atoms with Gasteiger partial charge in [-0.15, -0.1) is 11.3 Å². The van der Waals surface area contributed by atoms with E-state index in [9.17, 15) is 4.79 Å². The van der Waals surface area contributed by atoms with Crippen molar-refractivity contribution in [3.8, 4) is 0 Å². The summed E-state index contributed by atoms with van der Waals surface area (Å²) in [5, 5.41) is 9.26. The third-order valence-corrected chi connectivity index (χ3v) is 5.66. The van der Waals surface area contributed by atoms with E-state index < -0.39 is 0 Å². The summed E-state index contributed by atoms with van der Waals surface area (Å²) in [6.45, 7) is 8.09. The van der Waals surface area contributed by atoms with Gasteiger partial charge in [0.05, 0.1) is 6.04 Å². The van der Waals surface area contributed by atoms with Crippen molar-refractivity contribution >= 4 is 17.4 Å². The number of urea groups is 1. The molecule has 1 atom stereocenters. The zero-order valence-corrected chi connectivity index (χ0v) is 15.2. The average Bonchev–Trinajstić information content (AvgIpc) is 3.40. The molecule has 2 N–H and O–H groups in total. The van der Waals surface area contributed by atoms with Crippen molar-refractivity contribution in [3.63, 3.8) is 0 Å². The van der Waals surface area contributed by atoms with Crippen LogP contribution in [0.5, 0.6) is 0 Å². The number of hydrogen-bond acceptors (Lipinski definition) is 4. The Morgan fingerprint density at radius 3 is 2.65 bits per heavy atom. The van der Waals surface area contributed by atoms with Gasteiger partial charge in [-0.1, -0.05) is 0 Å². The zero-order valence-electron chi connectivity index (χ0n) is 14.3. The van der Waals surface area contributed by atoms with Crippen LogP contribution in [0.2, 0.25) is 0 Å². The highest BCUT2D eigenvalue weighted by Gasteiger charge is 2.35. The van der Waals surface area contributed by atoms with Crippen LogP contribution < -0.4 is 10.6 Å². The summed E-state index contributed by atoms with van der Waals surface area (Å²) in [5.41, 5.74) is 1.04. The van der Waals surface area contributed by atoms with Crippen LogP contribution in [-0.4, -0.2) is 41.1 Å². The van der Waals surface area contributed by atoms with E-state index in [0.29, 0.717) is 18.5 Å². The zero-order chi connectivity index (χ0) is 16.4. The van der Waals surface area contributed by atoms with Crippen LogP contribution in [0.3, 0.4) is 0 Å². The van der Waals surface area contributed by atoms with Crippen molar-refractivity contribution in [1.82, 2.24) is 20.5 Å². The van der Waals surface area contributed by atoms with Crippen molar-refractivity contribution in [2.75, 3.05) is 13.1 Å². The number of amides is 2. The smallest absolute Gasteiger partial charge is 0.315 e.